The molecule has 101 heteroatoms. The normalized spacial score (nSPS) is 16.3. The number of benzene rings is 5. The van der Waals surface area contributed by atoms with Crippen LogP contribution in [-0.4, -0.2) is 89.5 Å². The Kier molecular flexibility index (Phi) is 150. The molecule has 4 amide bonds. The Morgan fingerprint density at radius 2 is 0.487 bits per heavy atom. The van der Waals surface area contributed by atoms with E-state index in [1.165, 1.54) is 11.2 Å². The van der Waals surface area contributed by atoms with Crippen molar-refractivity contribution in [2.45, 2.75) is 17.8 Å². The van der Waals surface area contributed by atoms with Gasteiger partial charge in [0.15, 0.2) is 0 Å². The SMILES string of the molecule is II(I)I(I)I(I)I(I)I(I)I(I)I(I)I(I)I(I)I(I)I(I)I(I)I.II(I)I(I)I(I)I(I)I(I)I(I)I(I)I(I)I(I)I(I)I(I)I(I)I(I)I(I)I(I)I.I[I-]I(I)I(I)I(I)I(I)I(I)I(I)I(I)I(I)I(I)I(I)I(I)I(I)I.NCC(c1ccccc1)c1ncco1.O=C(O)C(CN1C(=O)c2ccccc2C1=O)c1ccccc1.O=C1c2ccccc2C(=O)N1CC(c1ccccc1)c1ncco1.c1cn[nH]n1. The van der Waals surface area contributed by atoms with Gasteiger partial charge < -0.3 is 19.7 Å². The van der Waals surface area contributed by atoms with E-state index in [0.29, 0.717) is 59.4 Å². The van der Waals surface area contributed by atoms with E-state index in [0.717, 1.165) is 16.0 Å². The number of carboxylic acids is 1. The summed E-state index contributed by atoms with van der Waals surface area (Å²) in [6.07, 6.45) is 9.43. The maximum Gasteiger partial charge on any atom is 0.312 e. The minimum Gasteiger partial charge on any atom is -0.481 e. The van der Waals surface area contributed by atoms with Crippen LogP contribution in [0.1, 0.15) is 87.7 Å². The third kappa shape index (κ3) is 74.1. The molecule has 0 fully saturated rings. The minimum atomic E-state index is -1.07. The second kappa shape index (κ2) is 115. The first kappa shape index (κ1) is 196. The fraction of sp³-hybridized carbons (Fsp3) is 0.122. The number of nitrogens with zero attached hydrogens (tertiary/aromatic N) is 6. The summed E-state index contributed by atoms with van der Waals surface area (Å²) < 4.78 is 10.7. The van der Waals surface area contributed by atoms with Crippen molar-refractivity contribution >= 4 is 1180 Å². The molecule has 0 saturated carbocycles. The molecule has 922 valence electrons. The minimum absolute atomic E-state index is 0.0613. The molecule has 5 heterocycles. The molecule has 3 unspecified atom stereocenters. The van der Waals surface area contributed by atoms with Crippen LogP contribution in [0.4, 0.5) is 0 Å². The van der Waals surface area contributed by atoms with E-state index in [2.05, 4.69) is 863 Å². The van der Waals surface area contributed by atoms with Crippen molar-refractivity contribution < 1.29 is 51.2 Å². The summed E-state index contributed by atoms with van der Waals surface area (Å²) in [4.78, 5) is 72.0. The monoisotopic (exact) mass is 11700 g/mol. The van der Waals surface area contributed by atoms with Gasteiger partial charge in [0.2, 0.25) is 11.8 Å². The smallest absolute Gasteiger partial charge is 0.312 e. The Morgan fingerprint density at radius 1 is 0.287 bits per heavy atom. The number of oxazole rings is 2. The van der Waals surface area contributed by atoms with E-state index >= 15 is 0 Å². The van der Waals surface area contributed by atoms with Crippen LogP contribution < -0.4 is 19.0 Å². The first-order valence-corrected chi connectivity index (χ1v) is 547. The van der Waals surface area contributed by atoms with Crippen LogP contribution >= 0.6 is 1150 Å². The number of hydrogen-bond acceptors (Lipinski definition) is 12. The van der Waals surface area contributed by atoms with Crippen molar-refractivity contribution in [1.82, 2.24) is 35.2 Å². The number of carboxylic acid groups (broad SMARTS) is 1. The average molecular weight is 11700 g/mol. The largest absolute Gasteiger partial charge is 0.481 e. The topological polar surface area (TPSA) is 232 Å². The molecule has 3 aromatic heterocycles. The molecule has 16 nitrogen and oxygen atoms in total. The molecule has 3 atom stereocenters. The quantitative estimate of drug-likeness (QED) is 0.0238. The van der Waals surface area contributed by atoms with Gasteiger partial charge in [-0.1, -0.05) is 115 Å². The van der Waals surface area contributed by atoms with Crippen molar-refractivity contribution in [1.29, 1.82) is 0 Å². The van der Waals surface area contributed by atoms with Gasteiger partial charge in [0.1, 0.15) is 12.5 Å². The number of halogens is 85. The Morgan fingerprint density at radius 3 is 0.680 bits per heavy atom. The van der Waals surface area contributed by atoms with Gasteiger partial charge in [0.25, 0.3) is 23.6 Å². The number of carbonyl (C=O) groups is 5. The third-order valence-electron chi connectivity index (χ3n) is 13.4. The number of aliphatic carboxylic acids is 1. The number of amides is 4. The number of aromatic nitrogens is 5. The summed E-state index contributed by atoms with van der Waals surface area (Å²) in [5.74, 6) is -2.52. The Hall–Kier alpha value is 53.4. The molecule has 2 aliphatic heterocycles. The van der Waals surface area contributed by atoms with Gasteiger partial charge >= 0.3 is 1160 Å². The fourth-order valence-corrected chi connectivity index (χ4v) is 14000. The Bertz CT molecular complexity index is 4980. The van der Waals surface area contributed by atoms with Crippen LogP contribution in [0.2, 0.25) is 0 Å². The van der Waals surface area contributed by atoms with Crippen LogP contribution in [0.3, 0.4) is 0 Å². The van der Waals surface area contributed by atoms with E-state index in [-0.39, 0.29) is 52.5 Å². The zero-order chi connectivity index (χ0) is 114. The number of imide groups is 2. The fourth-order valence-electron chi connectivity index (χ4n) is 8.28. The van der Waals surface area contributed by atoms with Crippen LogP contribution in [0.25, 0.3) is 0 Å². The van der Waals surface area contributed by atoms with Crippen molar-refractivity contribution in [3.63, 3.8) is 0 Å². The molecule has 10 rings (SSSR count). The first-order chi connectivity index (χ1) is 70.3. The number of carbonyl (C=O) groups excluding carboxylic acids is 4. The predicted molar refractivity (Wildman–Crippen MR) is 1410 cm³/mol. The van der Waals surface area contributed by atoms with Crippen molar-refractivity contribution in [3.05, 3.63) is 228 Å². The number of nitrogens with one attached hydrogen (secondary N) is 1. The van der Waals surface area contributed by atoms with E-state index in [1.54, 1.807) is 110 Å². The van der Waals surface area contributed by atoms with Gasteiger partial charge in [-0.25, -0.2) is 9.97 Å². The molecule has 5 aromatic carbocycles. The van der Waals surface area contributed by atoms with Crippen LogP contribution in [0.15, 0.2) is 186 Å². The van der Waals surface area contributed by atoms with Crippen molar-refractivity contribution in [2.24, 2.45) is 5.73 Å². The molecule has 0 radical (unpaired) electrons. The van der Waals surface area contributed by atoms with Gasteiger partial charge in [0.05, 0.1) is 64.8 Å². The summed E-state index contributed by atoms with van der Waals surface area (Å²) in [5, 5.41) is 18.8. The number of hydrogen-bond donors (Lipinski definition) is 3. The van der Waals surface area contributed by atoms with Crippen molar-refractivity contribution in [3.8, 4) is 0 Å². The van der Waals surface area contributed by atoms with E-state index < -0.39 is 316 Å². The summed E-state index contributed by atoms with van der Waals surface area (Å²) in [6, 6.07) is 41.6. The Balaban J connectivity index is 0.000000374. The number of rotatable bonds is 48. The molecule has 2 aliphatic rings. The van der Waals surface area contributed by atoms with Gasteiger partial charge in [-0.2, -0.15) is 15.4 Å². The van der Waals surface area contributed by atoms with Gasteiger partial charge in [0, 0.05) is 19.6 Å². The van der Waals surface area contributed by atoms with Gasteiger partial charge in [-0.3, -0.25) is 33.8 Å². The third-order valence-corrected chi connectivity index (χ3v) is 6040. The molecule has 8 aromatic rings. The second-order valence-electron chi connectivity index (χ2n) is 20.8. The van der Waals surface area contributed by atoms with E-state index in [4.69, 9.17) is 14.6 Å². The van der Waals surface area contributed by atoms with E-state index in [1.807, 2.05) is 60.7 Å². The number of nitrogens with two attached hydrogens (primary N) is 1. The molecule has 4 N–H and O–H groups in total. The summed E-state index contributed by atoms with van der Waals surface area (Å²) >= 11 is 142. The number of H-pyrrole nitrogens is 1. The summed E-state index contributed by atoms with van der Waals surface area (Å²) in [6.45, 7) is 0.521. The maximum absolute atomic E-state index is 12.6. The molecule has 0 aliphatic carbocycles. The summed E-state index contributed by atoms with van der Waals surface area (Å²) in [7, 11) is -17.6. The predicted octanol–water partition coefficient (Wildman–Crippen LogP) is 78.2. The maximum atomic E-state index is 12.6. The molecule has 0 saturated heterocycles. The van der Waals surface area contributed by atoms with Crippen LogP contribution in [0, 0.1) is 0 Å². The van der Waals surface area contributed by atoms with Crippen LogP contribution in [0.5, 0.6) is 0 Å². The molecule has 150 heavy (non-hydrogen) atoms. The molecular weight excluding hydrogens is 11600 g/mol. The first-order valence-electron chi connectivity index (χ1n) is 32.0. The zero-order valence-electron chi connectivity index (χ0n) is 66.8. The van der Waals surface area contributed by atoms with Gasteiger partial charge in [-0.05, 0) is 41.0 Å². The molecule has 0 spiro atoms. The summed E-state index contributed by atoms with van der Waals surface area (Å²) in [5.41, 5.74) is 9.88. The number of fused-ring (bicyclic) bond motifs is 2. The van der Waals surface area contributed by atoms with Crippen molar-refractivity contribution in [2.75, 3.05) is 19.6 Å². The standard InChI is InChI=1S/C19H14N2O3.C17H13NO4.C11H12N2O.C2H3N3.I32.I27.I26/c22-18-14-8-4-5-9-15(14)19(23)21(18)12-16(17-20-10-11-24-17)13-6-2-1-3-7-13;19-15-12-8-4-5-9-13(12)16(20)18(15)10-14(17(21)22)11-6-2-1-3-7-11;12-8-10(11-13-6-7-14-11)9-4-2-1-3-5-9;1-2-4-5-3-1;1-18(2)20(5)22(7)24(9)26(11)28(13)30(15)32(17)31(16)29(14)27(12)25(10)23(8)21(6)19(3)4;1-15-17(4)19(6)21(8)23(10)25(12)27(14)26(13)24(11)22(9)20(7)18(5)16(2)3;1-15(2)17(5)19(7)21(9)23(11)25(13)26(14)24(12)22(10)20(8)18(6)16(3)4/h1-11,16H,12H2;1-9,14H,10H2,(H,21,22);1-7,10H,8,12H2;1-2H,(H,3,4,5);;;/q;;;;;-1;. The van der Waals surface area contributed by atoms with E-state index in [9.17, 15) is 29.1 Å². The number of aromatic amines is 1. The average Bonchev–Trinajstić information content (AvgIpc) is 1.61. The molecule has 0 bridgehead atoms. The van der Waals surface area contributed by atoms with Gasteiger partial charge in [-0.15, -0.1) is 0 Å². The Labute approximate surface area is 1460 Å². The molecular formula is C49H42I85N8O8-. The second-order valence-corrected chi connectivity index (χ2v) is 1940. The van der Waals surface area contributed by atoms with Crippen LogP contribution in [-0.2, 0) is 4.79 Å². The zero-order valence-corrected chi connectivity index (χ0v) is 250.